The molecule has 0 spiro atoms. The van der Waals surface area contributed by atoms with Crippen LogP contribution in [-0.4, -0.2) is 47.0 Å². The van der Waals surface area contributed by atoms with Gasteiger partial charge in [-0.2, -0.15) is 0 Å². The zero-order chi connectivity index (χ0) is 19.3. The van der Waals surface area contributed by atoms with Crippen LogP contribution in [0.2, 0.25) is 0 Å². The van der Waals surface area contributed by atoms with E-state index in [0.717, 1.165) is 43.2 Å². The van der Waals surface area contributed by atoms with Gasteiger partial charge in [-0.15, -0.1) is 0 Å². The predicted octanol–water partition coefficient (Wildman–Crippen LogP) is 2.76. The first kappa shape index (κ1) is 17.9. The van der Waals surface area contributed by atoms with E-state index in [1.54, 1.807) is 18.5 Å². The van der Waals surface area contributed by atoms with Crippen LogP contribution in [0.5, 0.6) is 0 Å². The Morgan fingerprint density at radius 1 is 0.929 bits per heavy atom. The minimum Gasteiger partial charge on any atom is -0.353 e. The Morgan fingerprint density at radius 2 is 1.75 bits per heavy atom. The molecule has 7 heteroatoms. The number of carbonyl (C=O) groups excluding carboxylic acids is 1. The highest BCUT2D eigenvalue weighted by molar-refractivity contribution is 6.03. The second-order valence-electron chi connectivity index (χ2n) is 6.73. The highest BCUT2D eigenvalue weighted by Gasteiger charge is 2.20. The first-order valence-electron chi connectivity index (χ1n) is 9.31. The second-order valence-corrected chi connectivity index (χ2v) is 6.73. The second kappa shape index (κ2) is 8.04. The van der Waals surface area contributed by atoms with E-state index in [4.69, 9.17) is 0 Å². The van der Waals surface area contributed by atoms with Crippen LogP contribution in [0.1, 0.15) is 16.1 Å². The van der Waals surface area contributed by atoms with Gasteiger partial charge in [-0.05, 0) is 42.8 Å². The lowest BCUT2D eigenvalue weighted by Crippen LogP contribution is -2.47. The lowest BCUT2D eigenvalue weighted by molar-refractivity contribution is 0.102. The van der Waals surface area contributed by atoms with Crippen LogP contribution in [0.3, 0.4) is 0 Å². The van der Waals surface area contributed by atoms with Crippen LogP contribution >= 0.6 is 0 Å². The molecule has 1 aliphatic rings. The summed E-state index contributed by atoms with van der Waals surface area (Å²) in [7, 11) is 0. The first-order valence-corrected chi connectivity index (χ1v) is 9.31. The molecule has 0 unspecified atom stereocenters. The molecule has 1 aromatic carbocycles. The lowest BCUT2D eigenvalue weighted by Gasteiger charge is -2.35. The molecular weight excluding hydrogens is 352 g/mol. The highest BCUT2D eigenvalue weighted by Crippen LogP contribution is 2.17. The number of aromatic nitrogens is 3. The van der Waals surface area contributed by atoms with Gasteiger partial charge in [-0.25, -0.2) is 15.0 Å². The number of nitrogens with one attached hydrogen (secondary N) is 1. The molecule has 0 aliphatic carbocycles. The minimum atomic E-state index is -0.235. The van der Waals surface area contributed by atoms with Gasteiger partial charge >= 0.3 is 0 Å². The zero-order valence-electron chi connectivity index (χ0n) is 15.7. The summed E-state index contributed by atoms with van der Waals surface area (Å²) in [6.07, 6.45) is 3.44. The molecule has 0 atom stereocenters. The number of hydrogen-bond acceptors (Lipinski definition) is 6. The molecule has 0 bridgehead atoms. The Bertz CT molecular complexity index is 954. The SMILES string of the molecule is Cc1cccc(NC(=O)c2ccnc(N3CCN(c4ccccn4)CC3)n2)c1. The normalized spacial score (nSPS) is 14.0. The molecule has 1 amide bonds. The van der Waals surface area contributed by atoms with Gasteiger partial charge in [0.15, 0.2) is 0 Å². The van der Waals surface area contributed by atoms with E-state index in [1.165, 1.54) is 0 Å². The number of pyridine rings is 1. The summed E-state index contributed by atoms with van der Waals surface area (Å²) < 4.78 is 0. The maximum atomic E-state index is 12.6. The highest BCUT2D eigenvalue weighted by atomic mass is 16.1. The van der Waals surface area contributed by atoms with Crippen LogP contribution < -0.4 is 15.1 Å². The van der Waals surface area contributed by atoms with E-state index < -0.39 is 0 Å². The molecule has 1 saturated heterocycles. The zero-order valence-corrected chi connectivity index (χ0v) is 15.7. The molecule has 1 N–H and O–H groups in total. The third kappa shape index (κ3) is 4.09. The van der Waals surface area contributed by atoms with Crippen molar-refractivity contribution < 1.29 is 4.79 Å². The summed E-state index contributed by atoms with van der Waals surface area (Å²) in [6.45, 7) is 5.21. The van der Waals surface area contributed by atoms with Crippen molar-refractivity contribution in [2.75, 3.05) is 41.3 Å². The average molecular weight is 374 g/mol. The number of rotatable bonds is 4. The molecule has 28 heavy (non-hydrogen) atoms. The third-order valence-electron chi connectivity index (χ3n) is 4.69. The number of benzene rings is 1. The fraction of sp³-hybridized carbons (Fsp3) is 0.238. The van der Waals surface area contributed by atoms with Gasteiger partial charge in [-0.1, -0.05) is 18.2 Å². The van der Waals surface area contributed by atoms with Crippen molar-refractivity contribution in [1.29, 1.82) is 0 Å². The number of anilines is 3. The summed E-state index contributed by atoms with van der Waals surface area (Å²) in [5.74, 6) is 1.33. The fourth-order valence-corrected chi connectivity index (χ4v) is 3.22. The number of nitrogens with zero attached hydrogens (tertiary/aromatic N) is 5. The summed E-state index contributed by atoms with van der Waals surface area (Å²) in [5, 5.41) is 2.89. The molecular formula is C21H22N6O. The van der Waals surface area contributed by atoms with Gasteiger partial charge in [0.1, 0.15) is 11.5 Å². The number of amides is 1. The van der Waals surface area contributed by atoms with Gasteiger partial charge in [0, 0.05) is 44.3 Å². The van der Waals surface area contributed by atoms with Crippen LogP contribution in [0.4, 0.5) is 17.5 Å². The molecule has 1 fully saturated rings. The molecule has 142 valence electrons. The van der Waals surface area contributed by atoms with Crippen molar-refractivity contribution >= 4 is 23.4 Å². The van der Waals surface area contributed by atoms with E-state index in [0.29, 0.717) is 11.6 Å². The largest absolute Gasteiger partial charge is 0.353 e. The summed E-state index contributed by atoms with van der Waals surface area (Å²) in [5.41, 5.74) is 2.21. The van der Waals surface area contributed by atoms with Crippen molar-refractivity contribution in [3.05, 3.63) is 72.2 Å². The standard InChI is InChI=1S/C21H22N6O/c1-16-5-4-6-17(15-16)24-20(28)18-8-10-23-21(25-18)27-13-11-26(12-14-27)19-7-2-3-9-22-19/h2-10,15H,11-14H2,1H3,(H,24,28). The number of hydrogen-bond donors (Lipinski definition) is 1. The van der Waals surface area contributed by atoms with Crippen LogP contribution in [0, 0.1) is 6.92 Å². The van der Waals surface area contributed by atoms with E-state index in [-0.39, 0.29) is 5.91 Å². The predicted molar refractivity (Wildman–Crippen MR) is 110 cm³/mol. The Labute approximate surface area is 164 Å². The Hall–Kier alpha value is -3.48. The molecule has 0 saturated carbocycles. The molecule has 2 aromatic heterocycles. The van der Waals surface area contributed by atoms with Crippen molar-refractivity contribution in [2.24, 2.45) is 0 Å². The maximum absolute atomic E-state index is 12.6. The first-order chi connectivity index (χ1) is 13.7. The van der Waals surface area contributed by atoms with Crippen molar-refractivity contribution in [1.82, 2.24) is 15.0 Å². The molecule has 4 rings (SSSR count). The smallest absolute Gasteiger partial charge is 0.274 e. The topological polar surface area (TPSA) is 74.2 Å². The summed E-state index contributed by atoms with van der Waals surface area (Å²) in [6, 6.07) is 15.3. The van der Waals surface area contributed by atoms with Crippen LogP contribution in [0.15, 0.2) is 60.9 Å². The molecule has 3 aromatic rings. The van der Waals surface area contributed by atoms with Crippen molar-refractivity contribution in [3.8, 4) is 0 Å². The summed E-state index contributed by atoms with van der Waals surface area (Å²) in [4.78, 5) is 30.2. The third-order valence-corrected chi connectivity index (χ3v) is 4.69. The van der Waals surface area contributed by atoms with Crippen LogP contribution in [0.25, 0.3) is 0 Å². The Balaban J connectivity index is 1.42. The Morgan fingerprint density at radius 3 is 2.50 bits per heavy atom. The minimum absolute atomic E-state index is 0.235. The lowest BCUT2D eigenvalue weighted by atomic mass is 10.2. The fourth-order valence-electron chi connectivity index (χ4n) is 3.22. The van der Waals surface area contributed by atoms with Gasteiger partial charge in [0.25, 0.3) is 5.91 Å². The van der Waals surface area contributed by atoms with Gasteiger partial charge < -0.3 is 15.1 Å². The van der Waals surface area contributed by atoms with Crippen LogP contribution in [-0.2, 0) is 0 Å². The van der Waals surface area contributed by atoms with Gasteiger partial charge in [0.05, 0.1) is 0 Å². The van der Waals surface area contributed by atoms with Gasteiger partial charge in [-0.3, -0.25) is 4.79 Å². The number of carbonyl (C=O) groups is 1. The van der Waals surface area contributed by atoms with Crippen molar-refractivity contribution in [3.63, 3.8) is 0 Å². The average Bonchev–Trinajstić information content (AvgIpc) is 2.75. The number of piperazine rings is 1. The van der Waals surface area contributed by atoms with E-state index in [1.807, 2.05) is 49.4 Å². The number of aryl methyl sites for hydroxylation is 1. The monoisotopic (exact) mass is 374 g/mol. The maximum Gasteiger partial charge on any atom is 0.274 e. The molecule has 7 nitrogen and oxygen atoms in total. The Kier molecular flexibility index (Phi) is 5.14. The van der Waals surface area contributed by atoms with E-state index >= 15 is 0 Å². The molecule has 0 radical (unpaired) electrons. The quantitative estimate of drug-likeness (QED) is 0.757. The van der Waals surface area contributed by atoms with E-state index in [2.05, 4.69) is 30.1 Å². The van der Waals surface area contributed by atoms with Crippen molar-refractivity contribution in [2.45, 2.75) is 6.92 Å². The summed E-state index contributed by atoms with van der Waals surface area (Å²) >= 11 is 0. The van der Waals surface area contributed by atoms with E-state index in [9.17, 15) is 4.79 Å². The molecule has 3 heterocycles. The van der Waals surface area contributed by atoms with Gasteiger partial charge in [0.2, 0.25) is 5.95 Å². The molecule has 1 aliphatic heterocycles.